The molecule has 2 saturated heterocycles. The summed E-state index contributed by atoms with van der Waals surface area (Å²) in [7, 11) is 2.31. The van der Waals surface area contributed by atoms with E-state index in [4.69, 9.17) is 34.4 Å². The average molecular weight is 644 g/mol. The Morgan fingerprint density at radius 1 is 0.884 bits per heavy atom. The number of carboxylic acids is 3. The molecule has 0 amide bonds. The summed E-state index contributed by atoms with van der Waals surface area (Å²) >= 11 is 0. The molecule has 0 aromatic carbocycles. The smallest absolute Gasteiger partial charge is 0.477 e. The number of likely N-dealkylation sites (tertiary alicyclic amines) is 2. The normalized spacial score (nSPS) is 20.4. The molecule has 4 rings (SSSR count). The molecule has 1 unspecified atom stereocenters. The van der Waals surface area contributed by atoms with Gasteiger partial charge >= 0.3 is 36.4 Å². The van der Waals surface area contributed by atoms with Crippen LogP contribution in [0.2, 0.25) is 0 Å². The first-order chi connectivity index (χ1) is 19.6. The Bertz CT molecular complexity index is 987. The molecule has 1 aliphatic carbocycles. The van der Waals surface area contributed by atoms with Gasteiger partial charge in [-0.15, -0.1) is 0 Å². The number of aromatic nitrogens is 1. The number of rotatable bonds is 4. The monoisotopic (exact) mass is 643 g/mol. The van der Waals surface area contributed by atoms with Crippen molar-refractivity contribution in [3.63, 3.8) is 0 Å². The minimum absolute atomic E-state index is 0.423. The van der Waals surface area contributed by atoms with Crippen LogP contribution in [-0.4, -0.2) is 111 Å². The van der Waals surface area contributed by atoms with Gasteiger partial charge in [0.1, 0.15) is 0 Å². The van der Waals surface area contributed by atoms with E-state index in [0.717, 1.165) is 18.5 Å². The van der Waals surface area contributed by atoms with Gasteiger partial charge in [0.2, 0.25) is 5.88 Å². The van der Waals surface area contributed by atoms with E-state index in [0.29, 0.717) is 11.5 Å². The molecule has 1 aromatic rings. The quantitative estimate of drug-likeness (QED) is 0.407. The second kappa shape index (κ2) is 15.4. The van der Waals surface area contributed by atoms with Crippen molar-refractivity contribution in [3.05, 3.63) is 24.4 Å². The van der Waals surface area contributed by atoms with Crippen LogP contribution < -0.4 is 4.74 Å². The molecule has 0 bridgehead atoms. The summed E-state index contributed by atoms with van der Waals surface area (Å²) in [4.78, 5) is 36.3. The summed E-state index contributed by atoms with van der Waals surface area (Å²) in [5.41, 5.74) is 0.423. The number of alkyl halides is 9. The Labute approximate surface area is 239 Å². The number of hydrogen-bond acceptors (Lipinski definition) is 7. The molecule has 2 aliphatic heterocycles. The van der Waals surface area contributed by atoms with E-state index in [1.807, 2.05) is 18.2 Å². The zero-order chi connectivity index (χ0) is 33.2. The molecule has 3 N–H and O–H groups in total. The number of aliphatic carboxylic acids is 3. The van der Waals surface area contributed by atoms with Crippen LogP contribution in [0.3, 0.4) is 0 Å². The number of piperidine rings is 1. The molecular weight excluding hydrogens is 613 g/mol. The number of pyridine rings is 1. The van der Waals surface area contributed by atoms with Crippen LogP contribution >= 0.6 is 0 Å². The van der Waals surface area contributed by atoms with Crippen LogP contribution in [0.15, 0.2) is 24.4 Å². The highest BCUT2D eigenvalue weighted by Gasteiger charge is 2.51. The lowest BCUT2D eigenvalue weighted by atomic mass is 9.73. The zero-order valence-corrected chi connectivity index (χ0v) is 22.5. The van der Waals surface area contributed by atoms with Crippen molar-refractivity contribution in [1.82, 2.24) is 14.8 Å². The van der Waals surface area contributed by atoms with Crippen LogP contribution in [-0.2, 0) is 14.4 Å². The topological polar surface area (TPSA) is 140 Å². The Kier molecular flexibility index (Phi) is 13.5. The van der Waals surface area contributed by atoms with Crippen molar-refractivity contribution in [2.75, 3.05) is 33.3 Å². The Hall–Kier alpha value is -3.35. The van der Waals surface area contributed by atoms with Gasteiger partial charge in [0, 0.05) is 36.9 Å². The van der Waals surface area contributed by atoms with Crippen molar-refractivity contribution in [3.8, 4) is 5.88 Å². The fourth-order valence-corrected chi connectivity index (χ4v) is 4.28. The van der Waals surface area contributed by atoms with Crippen LogP contribution in [0.5, 0.6) is 5.88 Å². The van der Waals surface area contributed by atoms with Crippen molar-refractivity contribution in [1.29, 1.82) is 0 Å². The largest absolute Gasteiger partial charge is 0.490 e. The number of ether oxygens (including phenoxy) is 1. The van der Waals surface area contributed by atoms with E-state index in [-0.39, 0.29) is 0 Å². The molecule has 1 aromatic heterocycles. The molecule has 3 aliphatic rings. The number of likely N-dealkylation sites (N-methyl/N-ethyl adjacent to an activating group) is 1. The van der Waals surface area contributed by atoms with Gasteiger partial charge in [0.15, 0.2) is 0 Å². The maximum Gasteiger partial charge on any atom is 0.490 e. The fourth-order valence-electron chi connectivity index (χ4n) is 4.28. The highest BCUT2D eigenvalue weighted by molar-refractivity contribution is 5.73. The highest BCUT2D eigenvalue weighted by atomic mass is 19.4. The summed E-state index contributed by atoms with van der Waals surface area (Å²) in [5.74, 6) is -6.84. The zero-order valence-electron chi connectivity index (χ0n) is 22.5. The van der Waals surface area contributed by atoms with E-state index in [2.05, 4.69) is 21.8 Å². The standard InChI is InChI=1S/C18H27N3O.3C2HF3O2/c1-20-10-8-15(12-22-17-7-2-3-9-19-17)11-18(20)13-21(14-18)16-5-4-6-16;3*3-2(4,5)1(6)7/h2-3,7,9,15-16H,4-6,8,10-14H2,1H3;3*(H,6,7). The SMILES string of the molecule is CN1CCC(COc2ccccn2)CC12CN(C1CCC1)C2.O=C(O)C(F)(F)F.O=C(O)C(F)(F)F.O=C(O)C(F)(F)F. The predicted octanol–water partition coefficient (Wildman–Crippen LogP) is 4.31. The molecule has 1 saturated carbocycles. The van der Waals surface area contributed by atoms with Gasteiger partial charge in [-0.2, -0.15) is 39.5 Å². The number of carbonyl (C=O) groups is 3. The minimum atomic E-state index is -5.08. The maximum atomic E-state index is 10.6. The third-order valence-corrected chi connectivity index (χ3v) is 6.77. The highest BCUT2D eigenvalue weighted by Crippen LogP contribution is 2.42. The van der Waals surface area contributed by atoms with E-state index in [9.17, 15) is 39.5 Å². The first-order valence-electron chi connectivity index (χ1n) is 12.5. The molecular formula is C24H30F9N3O7. The number of nitrogens with zero attached hydrogens (tertiary/aromatic N) is 3. The summed E-state index contributed by atoms with van der Waals surface area (Å²) in [5, 5.41) is 21.4. The first-order valence-corrected chi connectivity index (χ1v) is 12.5. The van der Waals surface area contributed by atoms with E-state index >= 15 is 0 Å². The summed E-state index contributed by atoms with van der Waals surface area (Å²) in [6, 6.07) is 6.76. The second-order valence-corrected chi connectivity index (χ2v) is 9.88. The van der Waals surface area contributed by atoms with Gasteiger partial charge in [-0.1, -0.05) is 12.5 Å². The second-order valence-electron chi connectivity index (χ2n) is 9.88. The van der Waals surface area contributed by atoms with Gasteiger partial charge in [-0.25, -0.2) is 19.4 Å². The van der Waals surface area contributed by atoms with E-state index in [1.54, 1.807) is 6.20 Å². The van der Waals surface area contributed by atoms with E-state index < -0.39 is 36.4 Å². The van der Waals surface area contributed by atoms with Crippen molar-refractivity contribution in [2.45, 2.75) is 62.2 Å². The van der Waals surface area contributed by atoms with E-state index in [1.165, 1.54) is 51.7 Å². The molecule has 19 heteroatoms. The number of carboxylic acid groups (broad SMARTS) is 3. The minimum Gasteiger partial charge on any atom is -0.477 e. The average Bonchev–Trinajstić information content (AvgIpc) is 2.82. The number of halogens is 9. The predicted molar refractivity (Wildman–Crippen MR) is 128 cm³/mol. The summed E-state index contributed by atoms with van der Waals surface area (Å²) in [6.45, 7) is 4.56. The molecule has 1 spiro atoms. The van der Waals surface area contributed by atoms with Crippen LogP contribution in [0.25, 0.3) is 0 Å². The van der Waals surface area contributed by atoms with Gasteiger partial charge < -0.3 is 20.1 Å². The molecule has 0 radical (unpaired) electrons. The van der Waals surface area contributed by atoms with Gasteiger partial charge in [0.05, 0.1) is 6.61 Å². The van der Waals surface area contributed by atoms with Crippen LogP contribution in [0.4, 0.5) is 39.5 Å². The van der Waals surface area contributed by atoms with Crippen LogP contribution in [0.1, 0.15) is 32.1 Å². The molecule has 3 fully saturated rings. The van der Waals surface area contributed by atoms with Gasteiger partial charge in [0.25, 0.3) is 0 Å². The molecule has 43 heavy (non-hydrogen) atoms. The molecule has 10 nitrogen and oxygen atoms in total. The van der Waals surface area contributed by atoms with Crippen molar-refractivity contribution >= 4 is 17.9 Å². The Morgan fingerprint density at radius 3 is 1.70 bits per heavy atom. The Morgan fingerprint density at radius 2 is 1.35 bits per heavy atom. The molecule has 246 valence electrons. The number of hydrogen-bond donors (Lipinski definition) is 3. The van der Waals surface area contributed by atoms with Gasteiger partial charge in [-0.3, -0.25) is 9.80 Å². The third kappa shape index (κ3) is 12.8. The lowest BCUT2D eigenvalue weighted by Gasteiger charge is -2.61. The van der Waals surface area contributed by atoms with Crippen molar-refractivity contribution < 1.29 is 74.0 Å². The maximum absolute atomic E-state index is 10.6. The Balaban J connectivity index is 0.000000363. The first kappa shape index (κ1) is 37.7. The third-order valence-electron chi connectivity index (χ3n) is 6.77. The van der Waals surface area contributed by atoms with Crippen LogP contribution in [0, 0.1) is 5.92 Å². The van der Waals surface area contributed by atoms with Crippen molar-refractivity contribution in [2.24, 2.45) is 5.92 Å². The lowest BCUT2D eigenvalue weighted by molar-refractivity contribution is -0.193. The fraction of sp³-hybridized carbons (Fsp3) is 0.667. The summed E-state index contributed by atoms with van der Waals surface area (Å²) in [6.07, 6.45) is -6.65. The lowest BCUT2D eigenvalue weighted by Crippen LogP contribution is -2.73. The summed E-state index contributed by atoms with van der Waals surface area (Å²) < 4.78 is 101. The molecule has 3 heterocycles. The van der Waals surface area contributed by atoms with Gasteiger partial charge in [-0.05, 0) is 51.3 Å². The molecule has 1 atom stereocenters.